The van der Waals surface area contributed by atoms with E-state index in [4.69, 9.17) is 10.8 Å². The molecule has 4 N–H and O–H groups in total. The summed E-state index contributed by atoms with van der Waals surface area (Å²) in [6, 6.07) is 9.20. The van der Waals surface area contributed by atoms with Gasteiger partial charge in [0.1, 0.15) is 0 Å². The third kappa shape index (κ3) is 3.34. The largest absolute Gasteiger partial charge is 0.481 e. The first kappa shape index (κ1) is 11.7. The molecule has 1 rings (SSSR count). The normalized spacial score (nSPS) is 14.5. The number of aliphatic carboxylic acids is 1. The van der Waals surface area contributed by atoms with Crippen LogP contribution in [0.3, 0.4) is 0 Å². The van der Waals surface area contributed by atoms with Gasteiger partial charge in [-0.05, 0) is 12.0 Å². The van der Waals surface area contributed by atoms with Crippen molar-refractivity contribution in [2.75, 3.05) is 6.54 Å². The van der Waals surface area contributed by atoms with Crippen LogP contribution in [-0.2, 0) is 11.2 Å². The summed E-state index contributed by atoms with van der Waals surface area (Å²) >= 11 is 0. The first-order valence-electron chi connectivity index (χ1n) is 4.80. The number of aliphatic hydroxyl groups excluding tert-OH is 1. The summed E-state index contributed by atoms with van der Waals surface area (Å²) in [5.41, 5.74) is 6.14. The van der Waals surface area contributed by atoms with Crippen LogP contribution in [-0.4, -0.2) is 28.8 Å². The Morgan fingerprint density at radius 3 is 2.40 bits per heavy atom. The Labute approximate surface area is 88.3 Å². The molecule has 1 aromatic rings. The molecule has 0 aliphatic carbocycles. The van der Waals surface area contributed by atoms with E-state index in [0.717, 1.165) is 5.56 Å². The van der Waals surface area contributed by atoms with Crippen LogP contribution >= 0.6 is 0 Å². The maximum Gasteiger partial charge on any atom is 0.309 e. The van der Waals surface area contributed by atoms with E-state index in [2.05, 4.69) is 0 Å². The molecule has 2 unspecified atom stereocenters. The molecule has 15 heavy (non-hydrogen) atoms. The standard InChI is InChI=1S/C11H15NO3/c12-7-10(13)9(11(14)15)6-8-4-2-1-3-5-8/h1-5,9-10,13H,6-7,12H2,(H,14,15). The van der Waals surface area contributed by atoms with Crippen molar-refractivity contribution in [1.82, 2.24) is 0 Å². The fraction of sp³-hybridized carbons (Fsp3) is 0.364. The van der Waals surface area contributed by atoms with E-state index in [1.165, 1.54) is 0 Å². The van der Waals surface area contributed by atoms with Crippen LogP contribution in [0.4, 0.5) is 0 Å². The first-order valence-corrected chi connectivity index (χ1v) is 4.80. The van der Waals surface area contributed by atoms with Crippen LogP contribution in [0.1, 0.15) is 5.56 Å². The molecule has 2 atom stereocenters. The number of rotatable bonds is 5. The molecular formula is C11H15NO3. The van der Waals surface area contributed by atoms with Gasteiger partial charge >= 0.3 is 5.97 Å². The molecule has 0 spiro atoms. The summed E-state index contributed by atoms with van der Waals surface area (Å²) in [4.78, 5) is 10.9. The lowest BCUT2D eigenvalue weighted by molar-refractivity contribution is -0.145. The maximum atomic E-state index is 10.9. The van der Waals surface area contributed by atoms with Crippen LogP contribution in [0.5, 0.6) is 0 Å². The second kappa shape index (κ2) is 5.48. The van der Waals surface area contributed by atoms with E-state index in [9.17, 15) is 9.90 Å². The van der Waals surface area contributed by atoms with E-state index in [-0.39, 0.29) is 6.54 Å². The summed E-state index contributed by atoms with van der Waals surface area (Å²) in [7, 11) is 0. The Morgan fingerprint density at radius 1 is 1.33 bits per heavy atom. The molecule has 0 aromatic heterocycles. The molecule has 82 valence electrons. The summed E-state index contributed by atoms with van der Waals surface area (Å²) in [6.45, 7) is -0.0379. The number of carbonyl (C=O) groups is 1. The van der Waals surface area contributed by atoms with Gasteiger partial charge in [0.15, 0.2) is 0 Å². The van der Waals surface area contributed by atoms with Crippen molar-refractivity contribution in [2.45, 2.75) is 12.5 Å². The Kier molecular flexibility index (Phi) is 4.27. The molecule has 0 aliphatic heterocycles. The molecule has 0 heterocycles. The van der Waals surface area contributed by atoms with Crippen molar-refractivity contribution in [2.24, 2.45) is 11.7 Å². The van der Waals surface area contributed by atoms with Crippen LogP contribution in [0.15, 0.2) is 30.3 Å². The summed E-state index contributed by atoms with van der Waals surface area (Å²) < 4.78 is 0. The smallest absolute Gasteiger partial charge is 0.309 e. The number of hydrogen-bond acceptors (Lipinski definition) is 3. The zero-order valence-corrected chi connectivity index (χ0v) is 8.34. The Bertz CT molecular complexity index is 313. The summed E-state index contributed by atoms with van der Waals surface area (Å²) in [5, 5.41) is 18.4. The third-order valence-electron chi connectivity index (χ3n) is 2.32. The van der Waals surface area contributed by atoms with Crippen LogP contribution < -0.4 is 5.73 Å². The van der Waals surface area contributed by atoms with Gasteiger partial charge in [-0.25, -0.2) is 0 Å². The second-order valence-electron chi connectivity index (χ2n) is 3.44. The monoisotopic (exact) mass is 209 g/mol. The number of aliphatic hydroxyl groups is 1. The molecule has 4 nitrogen and oxygen atoms in total. The Balaban J connectivity index is 2.71. The average Bonchev–Trinajstić information content (AvgIpc) is 2.26. The SMILES string of the molecule is NCC(O)C(Cc1ccccc1)C(=O)O. The molecule has 0 amide bonds. The minimum atomic E-state index is -1.02. The molecule has 0 saturated carbocycles. The van der Waals surface area contributed by atoms with E-state index in [1.54, 1.807) is 0 Å². The molecule has 0 bridgehead atoms. The van der Waals surface area contributed by atoms with Gasteiger partial charge in [-0.1, -0.05) is 30.3 Å². The van der Waals surface area contributed by atoms with Crippen molar-refractivity contribution in [1.29, 1.82) is 0 Å². The van der Waals surface area contributed by atoms with Gasteiger partial charge in [-0.2, -0.15) is 0 Å². The number of carboxylic acids is 1. The van der Waals surface area contributed by atoms with Crippen molar-refractivity contribution in [3.05, 3.63) is 35.9 Å². The predicted molar refractivity (Wildman–Crippen MR) is 56.3 cm³/mol. The molecular weight excluding hydrogens is 194 g/mol. The van der Waals surface area contributed by atoms with Gasteiger partial charge in [-0.15, -0.1) is 0 Å². The van der Waals surface area contributed by atoms with Crippen LogP contribution in [0.2, 0.25) is 0 Å². The van der Waals surface area contributed by atoms with E-state index in [1.807, 2.05) is 30.3 Å². The van der Waals surface area contributed by atoms with Crippen molar-refractivity contribution in [3.63, 3.8) is 0 Å². The highest BCUT2D eigenvalue weighted by atomic mass is 16.4. The number of hydrogen-bond donors (Lipinski definition) is 3. The quantitative estimate of drug-likeness (QED) is 0.649. The van der Waals surface area contributed by atoms with Gasteiger partial charge in [0.25, 0.3) is 0 Å². The summed E-state index contributed by atoms with van der Waals surface area (Å²) in [6.07, 6.45) is -0.697. The third-order valence-corrected chi connectivity index (χ3v) is 2.32. The highest BCUT2D eigenvalue weighted by Gasteiger charge is 2.25. The lowest BCUT2D eigenvalue weighted by atomic mass is 9.94. The average molecular weight is 209 g/mol. The van der Waals surface area contributed by atoms with Crippen LogP contribution in [0.25, 0.3) is 0 Å². The maximum absolute atomic E-state index is 10.9. The lowest BCUT2D eigenvalue weighted by Crippen LogP contribution is -2.35. The number of nitrogens with two attached hydrogens (primary N) is 1. The van der Waals surface area contributed by atoms with E-state index >= 15 is 0 Å². The van der Waals surface area contributed by atoms with Gasteiger partial charge < -0.3 is 15.9 Å². The summed E-state index contributed by atoms with van der Waals surface area (Å²) in [5.74, 6) is -1.85. The van der Waals surface area contributed by atoms with Gasteiger partial charge in [0.2, 0.25) is 0 Å². The topological polar surface area (TPSA) is 83.5 Å². The number of carboxylic acid groups (broad SMARTS) is 1. The van der Waals surface area contributed by atoms with Crippen LogP contribution in [0, 0.1) is 5.92 Å². The van der Waals surface area contributed by atoms with Gasteiger partial charge in [-0.3, -0.25) is 4.79 Å². The highest BCUT2D eigenvalue weighted by molar-refractivity contribution is 5.71. The zero-order chi connectivity index (χ0) is 11.3. The molecule has 0 aliphatic rings. The number of benzene rings is 1. The second-order valence-corrected chi connectivity index (χ2v) is 3.44. The molecule has 0 radical (unpaired) electrons. The lowest BCUT2D eigenvalue weighted by Gasteiger charge is -2.17. The van der Waals surface area contributed by atoms with Gasteiger partial charge in [0, 0.05) is 6.54 Å². The van der Waals surface area contributed by atoms with E-state index in [0.29, 0.717) is 6.42 Å². The molecule has 0 saturated heterocycles. The minimum absolute atomic E-state index is 0.0379. The van der Waals surface area contributed by atoms with Crippen molar-refractivity contribution < 1.29 is 15.0 Å². The van der Waals surface area contributed by atoms with Crippen molar-refractivity contribution in [3.8, 4) is 0 Å². The fourth-order valence-electron chi connectivity index (χ4n) is 1.42. The van der Waals surface area contributed by atoms with Gasteiger partial charge in [0.05, 0.1) is 12.0 Å². The molecule has 0 fully saturated rings. The Morgan fingerprint density at radius 2 is 1.93 bits per heavy atom. The zero-order valence-electron chi connectivity index (χ0n) is 8.34. The predicted octanol–water partition coefficient (Wildman–Crippen LogP) is 0.249. The highest BCUT2D eigenvalue weighted by Crippen LogP contribution is 2.12. The molecule has 4 heteroatoms. The molecule has 1 aromatic carbocycles. The minimum Gasteiger partial charge on any atom is -0.481 e. The van der Waals surface area contributed by atoms with E-state index < -0.39 is 18.0 Å². The first-order chi connectivity index (χ1) is 7.15. The van der Waals surface area contributed by atoms with Crippen molar-refractivity contribution >= 4 is 5.97 Å². The Hall–Kier alpha value is -1.39. The fourth-order valence-corrected chi connectivity index (χ4v) is 1.42.